The lowest BCUT2D eigenvalue weighted by molar-refractivity contribution is -0.145. The van der Waals surface area contributed by atoms with Gasteiger partial charge in [-0.25, -0.2) is 4.79 Å². The number of rotatable bonds is 5. The standard InChI is InChI=1S/C31H46O7/c1-3-26(32)19-15-23-31(36)38-29-20-12-7-11-18-28(34)24-27(33)17-10-6-4-5-9-16-25(2)37-30(35)22-14-8-13-21-29/h4,6,8,10,12-15,17,19-20,22,25-29,32-34H,3,5,7,9,11,16,18,21,23-24H2,1-2H3/b6-4-,13-8+,17-10+,19-15+,20-12+,22-14-. The number of carbonyl (C=O) groups is 2. The summed E-state index contributed by atoms with van der Waals surface area (Å²) in [5.41, 5.74) is 0. The molecule has 5 unspecified atom stereocenters. The maximum Gasteiger partial charge on any atom is 0.331 e. The van der Waals surface area contributed by atoms with Crippen LogP contribution in [0, 0.1) is 0 Å². The number of allylic oxidation sites excluding steroid dienone is 6. The normalized spacial score (nSPS) is 30.3. The monoisotopic (exact) mass is 530 g/mol. The number of aliphatic hydroxyl groups is 3. The van der Waals surface area contributed by atoms with Gasteiger partial charge < -0.3 is 24.8 Å². The van der Waals surface area contributed by atoms with Crippen molar-refractivity contribution in [1.29, 1.82) is 0 Å². The van der Waals surface area contributed by atoms with E-state index < -0.39 is 36.4 Å². The summed E-state index contributed by atoms with van der Waals surface area (Å²) in [7, 11) is 0. The van der Waals surface area contributed by atoms with Gasteiger partial charge in [-0.05, 0) is 57.9 Å². The van der Waals surface area contributed by atoms with Crippen LogP contribution in [0.4, 0.5) is 0 Å². The molecule has 0 spiro atoms. The van der Waals surface area contributed by atoms with Crippen molar-refractivity contribution in [2.75, 3.05) is 0 Å². The second-order valence-electron chi connectivity index (χ2n) is 9.47. The van der Waals surface area contributed by atoms with Crippen molar-refractivity contribution in [1.82, 2.24) is 0 Å². The largest absolute Gasteiger partial charge is 0.460 e. The van der Waals surface area contributed by atoms with E-state index in [0.29, 0.717) is 25.7 Å². The molecule has 0 amide bonds. The molecule has 7 heteroatoms. The molecule has 212 valence electrons. The molecule has 0 aliphatic carbocycles. The van der Waals surface area contributed by atoms with Gasteiger partial charge in [0.1, 0.15) is 6.10 Å². The molecule has 0 aromatic rings. The first-order valence-electron chi connectivity index (χ1n) is 13.7. The zero-order valence-corrected chi connectivity index (χ0v) is 22.9. The van der Waals surface area contributed by atoms with Crippen molar-refractivity contribution < 1.29 is 34.4 Å². The summed E-state index contributed by atoms with van der Waals surface area (Å²) in [6.45, 7) is 3.71. The summed E-state index contributed by atoms with van der Waals surface area (Å²) in [6.07, 6.45) is 23.9. The fourth-order valence-electron chi connectivity index (χ4n) is 3.65. The van der Waals surface area contributed by atoms with Crippen LogP contribution in [0.1, 0.15) is 78.1 Å². The highest BCUT2D eigenvalue weighted by molar-refractivity contribution is 5.82. The van der Waals surface area contributed by atoms with E-state index >= 15 is 0 Å². The van der Waals surface area contributed by atoms with Crippen molar-refractivity contribution in [3.8, 4) is 0 Å². The van der Waals surface area contributed by atoms with Gasteiger partial charge in [-0.2, -0.15) is 0 Å². The summed E-state index contributed by atoms with van der Waals surface area (Å²) in [5, 5.41) is 29.9. The molecule has 0 radical (unpaired) electrons. The Balaban J connectivity index is 2.81. The van der Waals surface area contributed by atoms with Crippen molar-refractivity contribution in [2.45, 2.75) is 109 Å². The average Bonchev–Trinajstić information content (AvgIpc) is 2.86. The summed E-state index contributed by atoms with van der Waals surface area (Å²) in [4.78, 5) is 24.3. The van der Waals surface area contributed by atoms with Crippen LogP contribution in [0.3, 0.4) is 0 Å². The Labute approximate surface area is 227 Å². The number of aliphatic hydroxyl groups excluding tert-OH is 3. The Morgan fingerprint density at radius 2 is 1.82 bits per heavy atom. The maximum atomic E-state index is 12.3. The van der Waals surface area contributed by atoms with Gasteiger partial charge >= 0.3 is 11.9 Å². The van der Waals surface area contributed by atoms with Gasteiger partial charge in [0, 0.05) is 18.9 Å². The molecular formula is C31H46O7. The van der Waals surface area contributed by atoms with Crippen molar-refractivity contribution in [3.63, 3.8) is 0 Å². The molecule has 1 aliphatic heterocycles. The second kappa shape index (κ2) is 21.2. The van der Waals surface area contributed by atoms with E-state index in [1.54, 1.807) is 36.5 Å². The molecule has 7 nitrogen and oxygen atoms in total. The lowest BCUT2D eigenvalue weighted by atomic mass is 10.0. The number of carbonyl (C=O) groups excluding carboxylic acids is 2. The van der Waals surface area contributed by atoms with Crippen molar-refractivity contribution in [2.24, 2.45) is 0 Å². The van der Waals surface area contributed by atoms with Crippen LogP contribution in [0.25, 0.3) is 0 Å². The molecule has 38 heavy (non-hydrogen) atoms. The summed E-state index contributed by atoms with van der Waals surface area (Å²) < 4.78 is 11.0. The highest BCUT2D eigenvalue weighted by atomic mass is 16.5. The van der Waals surface area contributed by atoms with E-state index in [1.807, 2.05) is 44.2 Å². The molecular weight excluding hydrogens is 484 g/mol. The maximum absolute atomic E-state index is 12.3. The number of esters is 2. The summed E-state index contributed by atoms with van der Waals surface area (Å²) in [6, 6.07) is 0. The molecule has 0 fully saturated rings. The molecule has 0 saturated carbocycles. The van der Waals surface area contributed by atoms with Crippen LogP contribution in [-0.4, -0.2) is 57.8 Å². The minimum Gasteiger partial charge on any atom is -0.460 e. The third kappa shape index (κ3) is 18.5. The Morgan fingerprint density at radius 1 is 1.08 bits per heavy atom. The van der Waals surface area contributed by atoms with E-state index in [2.05, 4.69) is 0 Å². The van der Waals surface area contributed by atoms with Crippen LogP contribution in [0.5, 0.6) is 0 Å². The SMILES string of the molecule is CCC(O)/C=C/CC(=O)OC1/C=C/CCCC(O)CC(O)/C=C/C=C\CCCC(C)OC(=O)/C=C\C=C\C1. The summed E-state index contributed by atoms with van der Waals surface area (Å²) in [5.74, 6) is -0.809. The smallest absolute Gasteiger partial charge is 0.331 e. The van der Waals surface area contributed by atoms with Gasteiger partial charge in [0.05, 0.1) is 30.8 Å². The van der Waals surface area contributed by atoms with Crippen molar-refractivity contribution >= 4 is 11.9 Å². The Hall–Kier alpha value is -2.74. The number of cyclic esters (lactones) is 1. The first-order valence-corrected chi connectivity index (χ1v) is 13.7. The van der Waals surface area contributed by atoms with Crippen LogP contribution >= 0.6 is 0 Å². The van der Waals surface area contributed by atoms with Crippen LogP contribution < -0.4 is 0 Å². The van der Waals surface area contributed by atoms with E-state index in [0.717, 1.165) is 25.7 Å². The number of hydrogen-bond donors (Lipinski definition) is 3. The Kier molecular flexibility index (Phi) is 18.6. The highest BCUT2D eigenvalue weighted by Gasteiger charge is 2.11. The molecule has 1 aliphatic rings. The highest BCUT2D eigenvalue weighted by Crippen LogP contribution is 2.12. The zero-order chi connectivity index (χ0) is 28.0. The minimum atomic E-state index is -0.716. The predicted octanol–water partition coefficient (Wildman–Crippen LogP) is 5.18. The van der Waals surface area contributed by atoms with E-state index in [4.69, 9.17) is 9.47 Å². The predicted molar refractivity (Wildman–Crippen MR) is 150 cm³/mol. The second-order valence-corrected chi connectivity index (χ2v) is 9.47. The first kappa shape index (κ1) is 33.3. The van der Waals surface area contributed by atoms with Gasteiger partial charge in [0.2, 0.25) is 0 Å². The molecule has 1 rings (SSSR count). The van der Waals surface area contributed by atoms with Gasteiger partial charge in [-0.3, -0.25) is 4.79 Å². The molecule has 0 bridgehead atoms. The molecule has 1 heterocycles. The van der Waals surface area contributed by atoms with Crippen LogP contribution in [-0.2, 0) is 19.1 Å². The Morgan fingerprint density at radius 3 is 2.61 bits per heavy atom. The molecule has 5 atom stereocenters. The quantitative estimate of drug-likeness (QED) is 0.331. The number of hydrogen-bond acceptors (Lipinski definition) is 7. The topological polar surface area (TPSA) is 113 Å². The average molecular weight is 531 g/mol. The third-order valence-corrected chi connectivity index (χ3v) is 5.84. The third-order valence-electron chi connectivity index (χ3n) is 5.84. The van der Waals surface area contributed by atoms with E-state index in [1.165, 1.54) is 6.08 Å². The van der Waals surface area contributed by atoms with Gasteiger partial charge in [0.25, 0.3) is 0 Å². The van der Waals surface area contributed by atoms with Crippen LogP contribution in [0.15, 0.2) is 72.9 Å². The lowest BCUT2D eigenvalue weighted by Crippen LogP contribution is -2.16. The van der Waals surface area contributed by atoms with Gasteiger partial charge in [-0.1, -0.05) is 67.7 Å². The van der Waals surface area contributed by atoms with E-state index in [-0.39, 0.29) is 18.9 Å². The van der Waals surface area contributed by atoms with Gasteiger partial charge in [-0.15, -0.1) is 0 Å². The number of ether oxygens (including phenoxy) is 2. The Bertz CT molecular complexity index is 837. The fourth-order valence-corrected chi connectivity index (χ4v) is 3.65. The van der Waals surface area contributed by atoms with Crippen LogP contribution in [0.2, 0.25) is 0 Å². The van der Waals surface area contributed by atoms with E-state index in [9.17, 15) is 24.9 Å². The van der Waals surface area contributed by atoms with Gasteiger partial charge in [0.15, 0.2) is 0 Å². The zero-order valence-electron chi connectivity index (χ0n) is 22.9. The molecule has 3 N–H and O–H groups in total. The minimum absolute atomic E-state index is 0.0633. The summed E-state index contributed by atoms with van der Waals surface area (Å²) >= 11 is 0. The molecule has 0 saturated heterocycles. The molecule has 0 aromatic carbocycles. The first-order chi connectivity index (χ1) is 18.3. The lowest BCUT2D eigenvalue weighted by Gasteiger charge is -2.13. The van der Waals surface area contributed by atoms with Crippen molar-refractivity contribution in [3.05, 3.63) is 72.9 Å². The fraction of sp³-hybridized carbons (Fsp3) is 0.548. The molecule has 0 aromatic heterocycles.